The smallest absolute Gasteiger partial charge is 0.294 e. The fraction of sp³-hybridized carbons (Fsp3) is 0.238. The van der Waals surface area contributed by atoms with E-state index in [1.807, 2.05) is 31.1 Å². The molecule has 0 spiro atoms. The Morgan fingerprint density at radius 3 is 2.62 bits per heavy atom. The van der Waals surface area contributed by atoms with Crippen molar-refractivity contribution in [1.29, 1.82) is 0 Å². The number of carbonyl (C=O) groups is 1. The third kappa shape index (κ3) is 6.13. The zero-order valence-corrected chi connectivity index (χ0v) is 20.4. The molecule has 168 valence electrons. The first-order valence-electron chi connectivity index (χ1n) is 9.55. The Balaban J connectivity index is 1.64. The molecule has 1 N–H and O–H groups in total. The molecule has 0 atom stereocenters. The van der Waals surface area contributed by atoms with E-state index in [4.69, 9.17) is 23.2 Å². The van der Waals surface area contributed by atoms with Gasteiger partial charge in [0.25, 0.3) is 11.6 Å². The van der Waals surface area contributed by atoms with E-state index in [0.29, 0.717) is 15.6 Å². The van der Waals surface area contributed by atoms with E-state index >= 15 is 0 Å². The lowest BCUT2D eigenvalue weighted by atomic mass is 10.1. The number of halogens is 2. The number of carbonyl (C=O) groups excluding carboxylic acids is 1. The Morgan fingerprint density at radius 1 is 1.25 bits per heavy atom. The third-order valence-electron chi connectivity index (χ3n) is 4.46. The summed E-state index contributed by atoms with van der Waals surface area (Å²) in [5, 5.41) is 14.9. The predicted octanol–water partition coefficient (Wildman–Crippen LogP) is 5.94. The molecule has 1 aromatic carbocycles. The second kappa shape index (κ2) is 11.0. The van der Waals surface area contributed by atoms with Crippen molar-refractivity contribution in [3.8, 4) is 0 Å². The molecular formula is C21H20Cl2N4O3S2. The lowest BCUT2D eigenvalue weighted by Crippen LogP contribution is -2.23. The first-order chi connectivity index (χ1) is 15.3. The minimum Gasteiger partial charge on any atom is -0.378 e. The van der Waals surface area contributed by atoms with Gasteiger partial charge in [0.05, 0.1) is 19.9 Å². The minimum absolute atomic E-state index is 0.158. The van der Waals surface area contributed by atoms with Crippen LogP contribution in [0.1, 0.15) is 21.7 Å². The van der Waals surface area contributed by atoms with Gasteiger partial charge in [0.2, 0.25) is 0 Å². The van der Waals surface area contributed by atoms with Gasteiger partial charge in [0.15, 0.2) is 0 Å². The van der Waals surface area contributed by atoms with Crippen molar-refractivity contribution >= 4 is 63.6 Å². The molecular weight excluding hydrogens is 491 g/mol. The highest BCUT2D eigenvalue weighted by atomic mass is 35.5. The zero-order valence-electron chi connectivity index (χ0n) is 17.3. The van der Waals surface area contributed by atoms with E-state index < -0.39 is 4.92 Å². The molecule has 0 aliphatic carbocycles. The fourth-order valence-corrected chi connectivity index (χ4v) is 5.62. The molecule has 0 aliphatic heterocycles. The molecule has 32 heavy (non-hydrogen) atoms. The van der Waals surface area contributed by atoms with Crippen LogP contribution in [-0.4, -0.2) is 36.5 Å². The van der Waals surface area contributed by atoms with Crippen molar-refractivity contribution in [3.05, 3.63) is 73.3 Å². The van der Waals surface area contributed by atoms with Crippen LogP contribution in [0.5, 0.6) is 0 Å². The van der Waals surface area contributed by atoms with Crippen LogP contribution in [0.15, 0.2) is 51.8 Å². The van der Waals surface area contributed by atoms with Crippen LogP contribution in [0.4, 0.5) is 11.4 Å². The van der Waals surface area contributed by atoms with Gasteiger partial charge in [-0.3, -0.25) is 19.9 Å². The maximum atomic E-state index is 12.6. The number of hydrogen-bond acceptors (Lipinski definition) is 7. The van der Waals surface area contributed by atoms with Crippen molar-refractivity contribution in [2.24, 2.45) is 0 Å². The van der Waals surface area contributed by atoms with E-state index in [2.05, 4.69) is 22.4 Å². The maximum Gasteiger partial charge on any atom is 0.294 e. The monoisotopic (exact) mass is 510 g/mol. The molecule has 7 nitrogen and oxygen atoms in total. The Morgan fingerprint density at radius 2 is 1.97 bits per heavy atom. The first-order valence-corrected chi connectivity index (χ1v) is 11.9. The number of amides is 1. The quantitative estimate of drug-likeness (QED) is 0.217. The molecule has 0 fully saturated rings. The maximum absolute atomic E-state index is 12.6. The molecule has 1 amide bonds. The van der Waals surface area contributed by atoms with E-state index in [-0.39, 0.29) is 26.5 Å². The highest BCUT2D eigenvalue weighted by Crippen LogP contribution is 2.45. The van der Waals surface area contributed by atoms with Gasteiger partial charge in [-0.05, 0) is 30.5 Å². The number of rotatable bonds is 9. The van der Waals surface area contributed by atoms with Crippen molar-refractivity contribution in [2.45, 2.75) is 21.9 Å². The summed E-state index contributed by atoms with van der Waals surface area (Å²) in [6.45, 7) is 0.460. The van der Waals surface area contributed by atoms with Gasteiger partial charge in [0, 0.05) is 44.8 Å². The number of aryl methyl sites for hydroxylation is 1. The van der Waals surface area contributed by atoms with Crippen molar-refractivity contribution < 1.29 is 9.72 Å². The number of aromatic nitrogens is 1. The van der Waals surface area contributed by atoms with Crippen molar-refractivity contribution in [3.63, 3.8) is 0 Å². The predicted molar refractivity (Wildman–Crippen MR) is 131 cm³/mol. The average molecular weight is 511 g/mol. The Hall–Kier alpha value is -2.33. The number of hydrogen-bond donors (Lipinski definition) is 1. The molecule has 0 aliphatic rings. The van der Waals surface area contributed by atoms with Crippen LogP contribution < -0.4 is 10.2 Å². The Labute approximate surface area is 203 Å². The topological polar surface area (TPSA) is 88.4 Å². The van der Waals surface area contributed by atoms with Crippen LogP contribution in [0, 0.1) is 10.1 Å². The summed E-state index contributed by atoms with van der Waals surface area (Å²) in [4.78, 5) is 30.2. The lowest BCUT2D eigenvalue weighted by molar-refractivity contribution is -0.387. The molecule has 0 saturated carbocycles. The number of nitro groups is 1. The highest BCUT2D eigenvalue weighted by molar-refractivity contribution is 8.01. The summed E-state index contributed by atoms with van der Waals surface area (Å²) in [7, 11) is 3.98. The molecule has 0 unspecified atom stereocenters. The molecule has 0 saturated heterocycles. The van der Waals surface area contributed by atoms with Gasteiger partial charge in [-0.15, -0.1) is 11.3 Å². The van der Waals surface area contributed by atoms with Gasteiger partial charge < -0.3 is 10.2 Å². The summed E-state index contributed by atoms with van der Waals surface area (Å²) in [6, 6.07) is 9.50. The standard InChI is InChI=1S/C21H20Cl2N4O3S2/c1-26(2)14-7-3-5-13(9-14)6-4-8-25-20(28)18-10-17(27(29)30)21(31-18)32-19-15(22)11-24-12-16(19)23/h3,5,7,9-12H,4,6,8H2,1-2H3,(H,25,28). The molecule has 2 heterocycles. The summed E-state index contributed by atoms with van der Waals surface area (Å²) >= 11 is 14.3. The number of anilines is 1. The van der Waals surface area contributed by atoms with E-state index in [1.165, 1.54) is 24.0 Å². The number of pyridine rings is 1. The minimum atomic E-state index is -0.518. The summed E-state index contributed by atoms with van der Waals surface area (Å²) in [5.74, 6) is -0.348. The van der Waals surface area contributed by atoms with Crippen LogP contribution in [0.2, 0.25) is 10.0 Å². The lowest BCUT2D eigenvalue weighted by Gasteiger charge is -2.13. The van der Waals surface area contributed by atoms with Crippen LogP contribution in [-0.2, 0) is 6.42 Å². The summed E-state index contributed by atoms with van der Waals surface area (Å²) in [5.41, 5.74) is 2.15. The zero-order chi connectivity index (χ0) is 23.3. The SMILES string of the molecule is CN(C)c1cccc(CCCNC(=O)c2cc([N+](=O)[O-])c(Sc3c(Cl)cncc3Cl)s2)c1. The van der Waals surface area contributed by atoms with Gasteiger partial charge in [-0.1, -0.05) is 47.1 Å². The first kappa shape index (κ1) is 24.3. The van der Waals surface area contributed by atoms with Crippen molar-refractivity contribution in [1.82, 2.24) is 10.3 Å². The summed E-state index contributed by atoms with van der Waals surface area (Å²) in [6.07, 6.45) is 4.39. The Bertz CT molecular complexity index is 1120. The number of nitrogens with zero attached hydrogens (tertiary/aromatic N) is 3. The summed E-state index contributed by atoms with van der Waals surface area (Å²) < 4.78 is 0.329. The second-order valence-corrected chi connectivity index (χ2v) is 10.1. The normalized spacial score (nSPS) is 10.8. The molecule has 11 heteroatoms. The van der Waals surface area contributed by atoms with Gasteiger partial charge in [-0.25, -0.2) is 0 Å². The number of benzene rings is 1. The third-order valence-corrected chi connectivity index (χ3v) is 7.71. The number of nitrogens with one attached hydrogen (secondary N) is 1. The molecule has 3 rings (SSSR count). The molecule has 3 aromatic rings. The van der Waals surface area contributed by atoms with Crippen molar-refractivity contribution in [2.75, 3.05) is 25.5 Å². The van der Waals surface area contributed by atoms with Gasteiger partial charge in [-0.2, -0.15) is 0 Å². The fourth-order valence-electron chi connectivity index (χ4n) is 2.84. The van der Waals surface area contributed by atoms with Crippen LogP contribution >= 0.6 is 46.3 Å². The molecule has 2 aromatic heterocycles. The van der Waals surface area contributed by atoms with Gasteiger partial charge >= 0.3 is 0 Å². The van der Waals surface area contributed by atoms with E-state index in [0.717, 1.165) is 41.6 Å². The van der Waals surface area contributed by atoms with Crippen LogP contribution in [0.3, 0.4) is 0 Å². The average Bonchev–Trinajstić information content (AvgIpc) is 3.18. The molecule has 0 radical (unpaired) electrons. The van der Waals surface area contributed by atoms with Gasteiger partial charge in [0.1, 0.15) is 9.09 Å². The molecule has 0 bridgehead atoms. The largest absolute Gasteiger partial charge is 0.378 e. The van der Waals surface area contributed by atoms with E-state index in [1.54, 1.807) is 0 Å². The van der Waals surface area contributed by atoms with E-state index in [9.17, 15) is 14.9 Å². The highest BCUT2D eigenvalue weighted by Gasteiger charge is 2.24. The van der Waals surface area contributed by atoms with Crippen LogP contribution in [0.25, 0.3) is 0 Å². The second-order valence-electron chi connectivity index (χ2n) is 7.00. The Kier molecular flexibility index (Phi) is 8.36. The number of thiophene rings is 1.